The molecule has 4 nitrogen and oxygen atoms in total. The molecule has 8 heteroatoms. The molecule has 1 spiro atoms. The average molecular weight is 609 g/mol. The van der Waals surface area contributed by atoms with Gasteiger partial charge in [0.15, 0.2) is 11.5 Å². The van der Waals surface area contributed by atoms with Crippen molar-refractivity contribution in [1.82, 2.24) is 0 Å². The van der Waals surface area contributed by atoms with E-state index in [1.54, 1.807) is 11.8 Å². The second kappa shape index (κ2) is 9.72. The maximum absolute atomic E-state index is 16.3. The molecule has 1 aliphatic heterocycles. The van der Waals surface area contributed by atoms with Crippen LogP contribution in [0.1, 0.15) is 97.5 Å². The normalized spacial score (nSPS) is 40.7. The van der Waals surface area contributed by atoms with Crippen LogP contribution in [0.2, 0.25) is 0 Å². The maximum atomic E-state index is 16.3. The molecule has 4 fully saturated rings. The number of alkyl halides is 3. The van der Waals surface area contributed by atoms with Gasteiger partial charge in [-0.25, -0.2) is 13.2 Å². The summed E-state index contributed by atoms with van der Waals surface area (Å²) in [5.74, 6) is -4.92. The highest BCUT2D eigenvalue weighted by atomic mass is 32.2. The summed E-state index contributed by atoms with van der Waals surface area (Å²) in [6.07, 6.45) is 5.64. The van der Waals surface area contributed by atoms with Gasteiger partial charge in [-0.3, -0.25) is 0 Å². The smallest absolute Gasteiger partial charge is 0.281 e. The van der Waals surface area contributed by atoms with E-state index in [-0.39, 0.29) is 29.6 Å². The summed E-state index contributed by atoms with van der Waals surface area (Å²) in [4.78, 5) is 1.11. The minimum Gasteiger partial charge on any atom is -0.386 e. The molecule has 2 N–H and O–H groups in total. The fourth-order valence-electron chi connectivity index (χ4n) is 9.53. The van der Waals surface area contributed by atoms with Crippen LogP contribution in [0.4, 0.5) is 13.2 Å². The van der Waals surface area contributed by atoms with E-state index in [2.05, 4.69) is 38.1 Å². The highest BCUT2D eigenvalue weighted by molar-refractivity contribution is 7.98. The number of hydrogen-bond donors (Lipinski definition) is 2. The number of ether oxygens (including phenoxy) is 2. The Morgan fingerprint density at radius 2 is 1.57 bits per heavy atom. The topological polar surface area (TPSA) is 58.9 Å². The summed E-state index contributed by atoms with van der Waals surface area (Å²) in [5.41, 5.74) is -4.27. The van der Waals surface area contributed by atoms with Crippen LogP contribution in [-0.2, 0) is 9.47 Å². The molecular weight excluding hydrogens is 561 g/mol. The van der Waals surface area contributed by atoms with E-state index in [1.807, 2.05) is 13.2 Å². The number of thioether (sulfide) groups is 1. The van der Waals surface area contributed by atoms with E-state index in [1.165, 1.54) is 5.57 Å². The lowest BCUT2D eigenvalue weighted by Gasteiger charge is -2.60. The molecule has 1 aromatic rings. The van der Waals surface area contributed by atoms with Crippen molar-refractivity contribution in [3.63, 3.8) is 0 Å². The maximum Gasteiger partial charge on any atom is 0.281 e. The summed E-state index contributed by atoms with van der Waals surface area (Å²) in [6, 6.07) is 8.28. The van der Waals surface area contributed by atoms with Gasteiger partial charge in [0, 0.05) is 41.4 Å². The quantitative estimate of drug-likeness (QED) is 0.270. The highest BCUT2D eigenvalue weighted by Crippen LogP contribution is 2.71. The van der Waals surface area contributed by atoms with Crippen LogP contribution in [0.3, 0.4) is 0 Å². The van der Waals surface area contributed by atoms with Gasteiger partial charge in [-0.2, -0.15) is 0 Å². The summed E-state index contributed by atoms with van der Waals surface area (Å²) in [6.45, 7) is 8.70. The zero-order valence-electron chi connectivity index (χ0n) is 25.9. The number of halogens is 3. The second-order valence-corrected chi connectivity index (χ2v) is 16.2. The second-order valence-electron chi connectivity index (χ2n) is 15.3. The van der Waals surface area contributed by atoms with Gasteiger partial charge in [0.05, 0.1) is 18.8 Å². The number of allylic oxidation sites excluding steroid dienone is 1. The van der Waals surface area contributed by atoms with Crippen LogP contribution < -0.4 is 0 Å². The minimum atomic E-state index is -3.70. The third-order valence-electron chi connectivity index (χ3n) is 12.1. The molecule has 7 atom stereocenters. The summed E-state index contributed by atoms with van der Waals surface area (Å²) in [7, 11) is 0. The summed E-state index contributed by atoms with van der Waals surface area (Å²) < 4.78 is 58.6. The molecule has 3 unspecified atom stereocenters. The van der Waals surface area contributed by atoms with E-state index in [0.717, 1.165) is 23.0 Å². The molecule has 1 saturated heterocycles. The number of benzene rings is 1. The predicted octanol–water partition coefficient (Wildman–Crippen LogP) is 7.82. The predicted molar refractivity (Wildman–Crippen MR) is 158 cm³/mol. The molecule has 6 rings (SSSR count). The van der Waals surface area contributed by atoms with Crippen LogP contribution >= 0.6 is 11.8 Å². The van der Waals surface area contributed by atoms with Crippen LogP contribution in [0, 0.1) is 22.7 Å². The molecule has 42 heavy (non-hydrogen) atoms. The lowest BCUT2D eigenvalue weighted by atomic mass is 9.48. The summed E-state index contributed by atoms with van der Waals surface area (Å²) in [5, 5.41) is 24.4. The first-order valence-electron chi connectivity index (χ1n) is 15.6. The van der Waals surface area contributed by atoms with Gasteiger partial charge < -0.3 is 19.7 Å². The van der Waals surface area contributed by atoms with Crippen molar-refractivity contribution >= 4 is 11.8 Å². The standard InChI is InChI=1S/C34H47F3O4S/c1-28(2)19-40-33(41-20-28)15-12-26-27-23(11-14-32(26,38)18-33)25-13-16-34(39,30(4,35)31(5,36)37)29(25,3)17-24(27)21-7-9-22(42-6)10-8-21/h7-10,23-25,38-39H,11-20H2,1-6H3/t23?,24-,25?,29+,30?,32-,34+/m1/s1. The first kappa shape index (κ1) is 30.9. The van der Waals surface area contributed by atoms with Gasteiger partial charge in [0.1, 0.15) is 5.60 Å². The first-order valence-corrected chi connectivity index (χ1v) is 16.8. The fourth-order valence-corrected chi connectivity index (χ4v) is 9.94. The van der Waals surface area contributed by atoms with Crippen molar-refractivity contribution < 1.29 is 32.9 Å². The molecule has 1 aromatic carbocycles. The van der Waals surface area contributed by atoms with Crippen molar-refractivity contribution in [2.24, 2.45) is 22.7 Å². The Bertz CT molecular complexity index is 1250. The molecule has 3 saturated carbocycles. The molecule has 0 radical (unpaired) electrons. The largest absolute Gasteiger partial charge is 0.386 e. The van der Waals surface area contributed by atoms with E-state index in [9.17, 15) is 19.0 Å². The van der Waals surface area contributed by atoms with Gasteiger partial charge in [-0.1, -0.05) is 38.5 Å². The van der Waals surface area contributed by atoms with Crippen LogP contribution in [0.15, 0.2) is 40.3 Å². The average Bonchev–Trinajstić information content (AvgIpc) is 3.20. The molecule has 0 bridgehead atoms. The van der Waals surface area contributed by atoms with Gasteiger partial charge in [0.2, 0.25) is 0 Å². The van der Waals surface area contributed by atoms with E-state index in [0.29, 0.717) is 65.1 Å². The first-order chi connectivity index (χ1) is 19.4. The zero-order chi connectivity index (χ0) is 30.6. The monoisotopic (exact) mass is 608 g/mol. The van der Waals surface area contributed by atoms with Crippen LogP contribution in [0.25, 0.3) is 0 Å². The van der Waals surface area contributed by atoms with Gasteiger partial charge >= 0.3 is 0 Å². The van der Waals surface area contributed by atoms with Gasteiger partial charge in [-0.15, -0.1) is 11.8 Å². The number of rotatable bonds is 4. The Morgan fingerprint density at radius 3 is 2.17 bits per heavy atom. The van der Waals surface area contributed by atoms with Crippen molar-refractivity contribution in [1.29, 1.82) is 0 Å². The molecule has 0 amide bonds. The Kier molecular flexibility index (Phi) is 7.16. The summed E-state index contributed by atoms with van der Waals surface area (Å²) >= 11 is 1.64. The molecule has 5 aliphatic rings. The lowest BCUT2D eigenvalue weighted by molar-refractivity contribution is -0.322. The van der Waals surface area contributed by atoms with Crippen molar-refractivity contribution in [3.8, 4) is 0 Å². The number of hydrogen-bond acceptors (Lipinski definition) is 5. The molecule has 1 heterocycles. The Morgan fingerprint density at radius 1 is 0.929 bits per heavy atom. The highest BCUT2D eigenvalue weighted by Gasteiger charge is 2.74. The van der Waals surface area contributed by atoms with Gasteiger partial charge in [-0.05, 0) is 86.8 Å². The van der Waals surface area contributed by atoms with Crippen LogP contribution in [-0.4, -0.2) is 58.3 Å². The van der Waals surface area contributed by atoms with Crippen molar-refractivity contribution in [2.75, 3.05) is 19.5 Å². The number of aliphatic hydroxyl groups is 2. The van der Waals surface area contributed by atoms with E-state index < -0.39 is 34.0 Å². The molecule has 0 aromatic heterocycles. The Hall–Kier alpha value is -1.06. The third kappa shape index (κ3) is 4.39. The van der Waals surface area contributed by atoms with Crippen molar-refractivity contribution in [3.05, 3.63) is 41.0 Å². The SMILES string of the molecule is CSc1ccc([C@H]2C[C@@]3(C)C(CC[C@@]3(O)C(C)(F)C(C)(F)F)C3CC[C@@]4(O)CC5(CCC4=C32)OCC(C)(C)CO5)cc1. The van der Waals surface area contributed by atoms with E-state index >= 15 is 4.39 Å². The third-order valence-corrected chi connectivity index (χ3v) is 12.9. The molecule has 4 aliphatic carbocycles. The zero-order valence-corrected chi connectivity index (χ0v) is 26.7. The van der Waals surface area contributed by atoms with Gasteiger partial charge in [0.25, 0.3) is 5.92 Å². The Balaban J connectivity index is 1.45. The molecule has 234 valence electrons. The van der Waals surface area contributed by atoms with E-state index in [4.69, 9.17) is 9.47 Å². The molecular formula is C34H47F3O4S. The Labute approximate surface area is 252 Å². The van der Waals surface area contributed by atoms with Crippen LogP contribution in [0.5, 0.6) is 0 Å². The lowest BCUT2D eigenvalue weighted by Crippen LogP contribution is -2.66. The van der Waals surface area contributed by atoms with Crippen molar-refractivity contribution in [2.45, 2.75) is 125 Å². The number of fused-ring (bicyclic) bond motifs is 4. The fraction of sp³-hybridized carbons (Fsp3) is 0.765. The minimum absolute atomic E-state index is 0.00725.